The molecule has 0 atom stereocenters. The molecule has 3 nitrogen and oxygen atoms in total. The Morgan fingerprint density at radius 1 is 1.06 bits per heavy atom. The molecule has 90 valence electrons. The summed E-state index contributed by atoms with van der Waals surface area (Å²) in [6, 6.07) is 13.7. The normalized spacial score (nSPS) is 11.0. The molecule has 0 aliphatic rings. The summed E-state index contributed by atoms with van der Waals surface area (Å²) in [7, 11) is 1.92. The molecule has 0 saturated heterocycles. The summed E-state index contributed by atoms with van der Waals surface area (Å²) < 4.78 is 1.86. The highest BCUT2D eigenvalue weighted by Crippen LogP contribution is 2.30. The molecule has 0 unspecified atom stereocenters. The number of hydrogen-bond donors (Lipinski definition) is 1. The van der Waals surface area contributed by atoms with Crippen LogP contribution < -0.4 is 0 Å². The lowest BCUT2D eigenvalue weighted by molar-refractivity contribution is 0.476. The van der Waals surface area contributed by atoms with Crippen LogP contribution in [-0.2, 0) is 7.05 Å². The summed E-state index contributed by atoms with van der Waals surface area (Å²) >= 11 is 0. The lowest BCUT2D eigenvalue weighted by Gasteiger charge is -2.03. The maximum atomic E-state index is 9.49. The van der Waals surface area contributed by atoms with Crippen LogP contribution in [-0.4, -0.2) is 14.9 Å². The molecular weight excluding hydrogens is 224 g/mol. The maximum Gasteiger partial charge on any atom is 0.117 e. The van der Waals surface area contributed by atoms with Crippen LogP contribution in [0.1, 0.15) is 5.56 Å². The van der Waals surface area contributed by atoms with Crippen molar-refractivity contribution in [2.45, 2.75) is 6.92 Å². The topological polar surface area (TPSA) is 38.1 Å². The summed E-state index contributed by atoms with van der Waals surface area (Å²) in [5.74, 6) is 0.246. The predicted octanol–water partition coefficient (Wildman–Crippen LogP) is 3.25. The monoisotopic (exact) mass is 238 g/mol. The summed E-state index contributed by atoms with van der Waals surface area (Å²) in [6.45, 7) is 2.07. The van der Waals surface area contributed by atoms with Gasteiger partial charge in [0.25, 0.3) is 0 Å². The molecule has 1 aromatic heterocycles. The van der Waals surface area contributed by atoms with Crippen LogP contribution in [0.2, 0.25) is 0 Å². The second kappa shape index (κ2) is 3.88. The molecule has 0 aliphatic carbocycles. The van der Waals surface area contributed by atoms with E-state index in [9.17, 15) is 5.11 Å². The number of nitrogens with zero attached hydrogens (tertiary/aromatic N) is 2. The molecule has 3 heteroatoms. The van der Waals surface area contributed by atoms with Crippen molar-refractivity contribution >= 4 is 10.9 Å². The van der Waals surface area contributed by atoms with Crippen molar-refractivity contribution in [3.63, 3.8) is 0 Å². The smallest absolute Gasteiger partial charge is 0.117 e. The first-order chi connectivity index (χ1) is 8.65. The van der Waals surface area contributed by atoms with Gasteiger partial charge < -0.3 is 5.11 Å². The van der Waals surface area contributed by atoms with Gasteiger partial charge in [-0.2, -0.15) is 5.10 Å². The van der Waals surface area contributed by atoms with Crippen LogP contribution in [0.5, 0.6) is 5.75 Å². The lowest BCUT2D eigenvalue weighted by atomic mass is 10.1. The van der Waals surface area contributed by atoms with Gasteiger partial charge in [-0.1, -0.05) is 29.8 Å². The zero-order valence-electron chi connectivity index (χ0n) is 10.4. The Kier molecular flexibility index (Phi) is 2.33. The van der Waals surface area contributed by atoms with Crippen molar-refractivity contribution in [1.82, 2.24) is 9.78 Å². The molecule has 0 aliphatic heterocycles. The molecule has 1 heterocycles. The van der Waals surface area contributed by atoms with E-state index in [1.54, 1.807) is 12.1 Å². The number of fused-ring (bicyclic) bond motifs is 1. The standard InChI is InChI=1S/C15H14N2O/c1-10-3-5-11(6-4-10)15-13-8-7-12(18)9-14(13)16-17(15)2/h3-9,18H,1-2H3. The number of benzene rings is 2. The van der Waals surface area contributed by atoms with Gasteiger partial charge in [0, 0.05) is 24.1 Å². The van der Waals surface area contributed by atoms with Crippen molar-refractivity contribution in [3.8, 4) is 17.0 Å². The molecule has 0 amide bonds. The molecular formula is C15H14N2O. The van der Waals surface area contributed by atoms with Gasteiger partial charge in [-0.25, -0.2) is 0 Å². The Hall–Kier alpha value is -2.29. The molecule has 18 heavy (non-hydrogen) atoms. The van der Waals surface area contributed by atoms with Gasteiger partial charge in [0.05, 0.1) is 11.2 Å². The highest BCUT2D eigenvalue weighted by Gasteiger charge is 2.11. The maximum absolute atomic E-state index is 9.49. The molecule has 0 spiro atoms. The first-order valence-electron chi connectivity index (χ1n) is 5.88. The minimum Gasteiger partial charge on any atom is -0.508 e. The summed E-state index contributed by atoms with van der Waals surface area (Å²) in [4.78, 5) is 0. The van der Waals surface area contributed by atoms with Crippen molar-refractivity contribution in [2.24, 2.45) is 7.05 Å². The number of aromatic nitrogens is 2. The van der Waals surface area contributed by atoms with Gasteiger partial charge in [0.15, 0.2) is 0 Å². The minimum absolute atomic E-state index is 0.246. The molecule has 3 rings (SSSR count). The first-order valence-corrected chi connectivity index (χ1v) is 5.88. The highest BCUT2D eigenvalue weighted by atomic mass is 16.3. The molecule has 1 N–H and O–H groups in total. The fraction of sp³-hybridized carbons (Fsp3) is 0.133. The van der Waals surface area contributed by atoms with E-state index in [2.05, 4.69) is 36.3 Å². The van der Waals surface area contributed by atoms with Crippen LogP contribution >= 0.6 is 0 Å². The fourth-order valence-electron chi connectivity index (χ4n) is 2.24. The number of aryl methyl sites for hydroxylation is 2. The van der Waals surface area contributed by atoms with E-state index < -0.39 is 0 Å². The van der Waals surface area contributed by atoms with E-state index in [0.717, 1.165) is 22.2 Å². The Bertz CT molecular complexity index is 711. The molecule has 2 aromatic carbocycles. The van der Waals surface area contributed by atoms with Gasteiger partial charge >= 0.3 is 0 Å². The van der Waals surface area contributed by atoms with Gasteiger partial charge in [-0.05, 0) is 19.1 Å². The van der Waals surface area contributed by atoms with Crippen LogP contribution in [0.15, 0.2) is 42.5 Å². The summed E-state index contributed by atoms with van der Waals surface area (Å²) in [5.41, 5.74) is 4.26. The SMILES string of the molecule is Cc1ccc(-c2c3ccc(O)cc3nn2C)cc1. The quantitative estimate of drug-likeness (QED) is 0.706. The molecule has 0 fully saturated rings. The Balaban J connectivity index is 2.28. The third-order valence-corrected chi connectivity index (χ3v) is 3.14. The van der Waals surface area contributed by atoms with Gasteiger partial charge in [-0.3, -0.25) is 4.68 Å². The Morgan fingerprint density at radius 2 is 1.78 bits per heavy atom. The lowest BCUT2D eigenvalue weighted by Crippen LogP contribution is -1.93. The second-order valence-electron chi connectivity index (χ2n) is 4.54. The van der Waals surface area contributed by atoms with E-state index in [-0.39, 0.29) is 5.75 Å². The molecule has 0 radical (unpaired) electrons. The number of hydrogen-bond acceptors (Lipinski definition) is 2. The number of rotatable bonds is 1. The van der Waals surface area contributed by atoms with Crippen molar-refractivity contribution in [2.75, 3.05) is 0 Å². The minimum atomic E-state index is 0.246. The number of phenolic OH excluding ortho intramolecular Hbond substituents is 1. The molecule has 0 bridgehead atoms. The van der Waals surface area contributed by atoms with Gasteiger partial charge in [0.1, 0.15) is 5.75 Å². The number of phenols is 1. The van der Waals surface area contributed by atoms with Crippen LogP contribution in [0.3, 0.4) is 0 Å². The van der Waals surface area contributed by atoms with Crippen molar-refractivity contribution in [3.05, 3.63) is 48.0 Å². The van der Waals surface area contributed by atoms with Gasteiger partial charge in [-0.15, -0.1) is 0 Å². The van der Waals surface area contributed by atoms with E-state index >= 15 is 0 Å². The molecule has 0 saturated carbocycles. The van der Waals surface area contributed by atoms with Crippen molar-refractivity contribution in [1.29, 1.82) is 0 Å². The van der Waals surface area contributed by atoms with E-state index in [1.807, 2.05) is 17.8 Å². The largest absolute Gasteiger partial charge is 0.508 e. The average molecular weight is 238 g/mol. The van der Waals surface area contributed by atoms with E-state index in [1.165, 1.54) is 5.56 Å². The first kappa shape index (κ1) is 10.8. The van der Waals surface area contributed by atoms with Crippen LogP contribution in [0.25, 0.3) is 22.2 Å². The van der Waals surface area contributed by atoms with Crippen LogP contribution in [0.4, 0.5) is 0 Å². The van der Waals surface area contributed by atoms with Crippen molar-refractivity contribution < 1.29 is 5.11 Å². The highest BCUT2D eigenvalue weighted by molar-refractivity contribution is 5.93. The third-order valence-electron chi connectivity index (χ3n) is 3.14. The molecule has 3 aromatic rings. The predicted molar refractivity (Wildman–Crippen MR) is 72.6 cm³/mol. The van der Waals surface area contributed by atoms with Gasteiger partial charge in [0.2, 0.25) is 0 Å². The summed E-state index contributed by atoms with van der Waals surface area (Å²) in [6.07, 6.45) is 0. The van der Waals surface area contributed by atoms with Crippen LogP contribution in [0, 0.1) is 6.92 Å². The average Bonchev–Trinajstić information content (AvgIpc) is 2.65. The second-order valence-corrected chi connectivity index (χ2v) is 4.54. The zero-order chi connectivity index (χ0) is 12.7. The van der Waals surface area contributed by atoms with E-state index in [4.69, 9.17) is 0 Å². The third kappa shape index (κ3) is 1.64. The Morgan fingerprint density at radius 3 is 2.50 bits per heavy atom. The zero-order valence-corrected chi connectivity index (χ0v) is 10.4. The summed E-state index contributed by atoms with van der Waals surface area (Å²) in [5, 5.41) is 15.0. The Labute approximate surface area is 105 Å². The number of aromatic hydroxyl groups is 1. The fourth-order valence-corrected chi connectivity index (χ4v) is 2.24. The van der Waals surface area contributed by atoms with E-state index in [0.29, 0.717) is 0 Å².